The maximum Gasteiger partial charge on any atom is 0.417 e. The number of halogens is 2. The predicted molar refractivity (Wildman–Crippen MR) is 106 cm³/mol. The Kier molecular flexibility index (Phi) is 3.57. The van der Waals surface area contributed by atoms with Crippen molar-refractivity contribution >= 4 is 55.5 Å². The van der Waals surface area contributed by atoms with Crippen LogP contribution in [0.4, 0.5) is 4.39 Å². The zero-order valence-electron chi connectivity index (χ0n) is 14.0. The lowest BCUT2D eigenvalue weighted by atomic mass is 9.97. The smallest absolute Gasteiger partial charge is 0.408 e. The van der Waals surface area contributed by atoms with Crippen LogP contribution < -0.4 is 5.76 Å². The van der Waals surface area contributed by atoms with Gasteiger partial charge < -0.3 is 4.42 Å². The average Bonchev–Trinajstić information content (AvgIpc) is 3.18. The summed E-state index contributed by atoms with van der Waals surface area (Å²) in [6, 6.07) is 8.28. The number of nitrogens with one attached hydrogen (secondary N) is 1. The molecular formula is C19H11ClFN3O2S. The van der Waals surface area contributed by atoms with E-state index in [0.717, 1.165) is 21.7 Å². The molecule has 134 valence electrons. The van der Waals surface area contributed by atoms with Gasteiger partial charge in [0.15, 0.2) is 5.58 Å². The number of H-pyrrole nitrogens is 1. The number of rotatable bonds is 1. The zero-order valence-corrected chi connectivity index (χ0v) is 15.5. The molecule has 0 amide bonds. The van der Waals surface area contributed by atoms with Gasteiger partial charge in [-0.2, -0.15) is 5.10 Å². The van der Waals surface area contributed by atoms with Gasteiger partial charge >= 0.3 is 5.76 Å². The van der Waals surface area contributed by atoms with Crippen molar-refractivity contribution in [3.8, 4) is 0 Å². The Morgan fingerprint density at radius 1 is 1.26 bits per heavy atom. The summed E-state index contributed by atoms with van der Waals surface area (Å²) >= 11 is 7.60. The Morgan fingerprint density at radius 2 is 2.11 bits per heavy atom. The van der Waals surface area contributed by atoms with E-state index in [-0.39, 0.29) is 5.82 Å². The number of nitrogens with zero attached hydrogens (tertiary/aromatic N) is 2. The van der Waals surface area contributed by atoms with Crippen molar-refractivity contribution in [1.82, 2.24) is 4.98 Å². The van der Waals surface area contributed by atoms with E-state index in [1.165, 1.54) is 17.4 Å². The van der Waals surface area contributed by atoms with Gasteiger partial charge in [-0.25, -0.2) is 9.18 Å². The molecule has 5 nitrogen and oxygen atoms in total. The lowest BCUT2D eigenvalue weighted by Crippen LogP contribution is -2.05. The molecule has 0 atom stereocenters. The van der Waals surface area contributed by atoms with E-state index < -0.39 is 5.76 Å². The van der Waals surface area contributed by atoms with E-state index in [1.54, 1.807) is 18.2 Å². The SMILES string of the molecule is CC1=NN=C(c2cc3c(F)ccc(Cl)c3s2)c2cc3oc(=O)[nH]c3cc2C1. The number of benzene rings is 2. The molecule has 5 rings (SSSR count). The summed E-state index contributed by atoms with van der Waals surface area (Å²) in [6.07, 6.45) is 0.589. The summed E-state index contributed by atoms with van der Waals surface area (Å²) in [4.78, 5) is 15.0. The molecule has 0 bridgehead atoms. The van der Waals surface area contributed by atoms with Gasteiger partial charge in [0, 0.05) is 23.1 Å². The molecule has 0 unspecified atom stereocenters. The van der Waals surface area contributed by atoms with Crippen LogP contribution in [-0.4, -0.2) is 16.4 Å². The van der Waals surface area contributed by atoms with E-state index in [1.807, 2.05) is 13.0 Å². The molecule has 27 heavy (non-hydrogen) atoms. The van der Waals surface area contributed by atoms with Crippen LogP contribution in [0.3, 0.4) is 0 Å². The minimum atomic E-state index is -0.509. The largest absolute Gasteiger partial charge is 0.417 e. The molecule has 1 N–H and O–H groups in total. The van der Waals surface area contributed by atoms with Gasteiger partial charge in [-0.05, 0) is 42.8 Å². The minimum absolute atomic E-state index is 0.335. The first-order valence-electron chi connectivity index (χ1n) is 8.15. The van der Waals surface area contributed by atoms with Gasteiger partial charge in [0.1, 0.15) is 11.5 Å². The highest BCUT2D eigenvalue weighted by Gasteiger charge is 2.21. The topological polar surface area (TPSA) is 70.7 Å². The van der Waals surface area contributed by atoms with Crippen molar-refractivity contribution in [2.75, 3.05) is 0 Å². The van der Waals surface area contributed by atoms with Crippen molar-refractivity contribution in [2.24, 2.45) is 10.2 Å². The summed E-state index contributed by atoms with van der Waals surface area (Å²) < 4.78 is 20.1. The Bertz CT molecular complexity index is 1320. The third-order valence-electron chi connectivity index (χ3n) is 4.48. The van der Waals surface area contributed by atoms with Gasteiger partial charge in [-0.15, -0.1) is 16.4 Å². The number of aromatic nitrogens is 1. The van der Waals surface area contributed by atoms with Crippen LogP contribution in [0.2, 0.25) is 5.02 Å². The van der Waals surface area contributed by atoms with Crippen LogP contribution in [0.1, 0.15) is 22.9 Å². The van der Waals surface area contributed by atoms with Crippen LogP contribution in [-0.2, 0) is 6.42 Å². The van der Waals surface area contributed by atoms with Crippen LogP contribution in [0.15, 0.2) is 49.7 Å². The van der Waals surface area contributed by atoms with Gasteiger partial charge in [-0.3, -0.25) is 4.98 Å². The molecule has 3 heterocycles. The number of hydrogen-bond acceptors (Lipinski definition) is 5. The van der Waals surface area contributed by atoms with E-state index in [9.17, 15) is 9.18 Å². The first-order valence-corrected chi connectivity index (χ1v) is 9.34. The molecule has 8 heteroatoms. The predicted octanol–water partition coefficient (Wildman–Crippen LogP) is 4.90. The lowest BCUT2D eigenvalue weighted by molar-refractivity contribution is 0.555. The van der Waals surface area contributed by atoms with Crippen molar-refractivity contribution < 1.29 is 8.81 Å². The second-order valence-corrected chi connectivity index (χ2v) is 7.82. The number of hydrogen-bond donors (Lipinski definition) is 1. The Labute approximate surface area is 160 Å². The van der Waals surface area contributed by atoms with Gasteiger partial charge in [-0.1, -0.05) is 11.6 Å². The molecule has 2 aromatic heterocycles. The summed E-state index contributed by atoms with van der Waals surface area (Å²) in [5, 5.41) is 9.63. The molecule has 4 aromatic rings. The summed E-state index contributed by atoms with van der Waals surface area (Å²) in [6.45, 7) is 1.89. The molecule has 0 radical (unpaired) electrons. The average molecular weight is 400 g/mol. The highest BCUT2D eigenvalue weighted by Crippen LogP contribution is 2.36. The molecule has 1 aliphatic heterocycles. The molecule has 0 aliphatic carbocycles. The second-order valence-electron chi connectivity index (χ2n) is 6.36. The maximum absolute atomic E-state index is 14.2. The molecule has 0 saturated carbocycles. The van der Waals surface area contributed by atoms with Crippen LogP contribution >= 0.6 is 22.9 Å². The summed E-state index contributed by atoms with van der Waals surface area (Å²) in [5.41, 5.74) is 4.26. The molecular weight excluding hydrogens is 389 g/mol. The van der Waals surface area contributed by atoms with E-state index in [0.29, 0.717) is 38.3 Å². The Morgan fingerprint density at radius 3 is 2.93 bits per heavy atom. The fourth-order valence-electron chi connectivity index (χ4n) is 3.27. The highest BCUT2D eigenvalue weighted by molar-refractivity contribution is 7.21. The zero-order chi connectivity index (χ0) is 18.7. The number of fused-ring (bicyclic) bond motifs is 3. The first kappa shape index (κ1) is 16.4. The molecule has 2 aromatic carbocycles. The van der Waals surface area contributed by atoms with E-state index in [4.69, 9.17) is 16.0 Å². The van der Waals surface area contributed by atoms with Crippen LogP contribution in [0.5, 0.6) is 0 Å². The van der Waals surface area contributed by atoms with Crippen LogP contribution in [0.25, 0.3) is 21.2 Å². The monoisotopic (exact) mass is 399 g/mol. The summed E-state index contributed by atoms with van der Waals surface area (Å²) in [7, 11) is 0. The number of thiophene rings is 1. The highest BCUT2D eigenvalue weighted by atomic mass is 35.5. The molecule has 0 spiro atoms. The standard InChI is InChI=1S/C19H11ClFN3O2S/c1-8-4-9-5-14-15(26-19(25)22-14)6-10(9)17(24-23-8)16-7-11-13(21)3-2-12(20)18(11)27-16/h2-3,5-7H,4H2,1H3,(H,22,25). The first-order chi connectivity index (χ1) is 13.0. The quantitative estimate of drug-likeness (QED) is 0.494. The van der Waals surface area contributed by atoms with Crippen LogP contribution in [0, 0.1) is 5.82 Å². The lowest BCUT2D eigenvalue weighted by Gasteiger charge is -2.07. The molecule has 0 fully saturated rings. The fraction of sp³-hybridized carbons (Fsp3) is 0.105. The Balaban J connectivity index is 1.79. The normalized spacial score (nSPS) is 14.2. The van der Waals surface area contributed by atoms with Gasteiger partial charge in [0.05, 0.1) is 20.1 Å². The molecule has 0 saturated heterocycles. The van der Waals surface area contributed by atoms with Crippen molar-refractivity contribution in [3.63, 3.8) is 0 Å². The summed E-state index contributed by atoms with van der Waals surface area (Å²) in [5.74, 6) is -0.845. The fourth-order valence-corrected chi connectivity index (χ4v) is 4.62. The van der Waals surface area contributed by atoms with Crippen molar-refractivity contribution in [2.45, 2.75) is 13.3 Å². The Hall–Kier alpha value is -2.77. The van der Waals surface area contributed by atoms with Crippen molar-refractivity contribution in [1.29, 1.82) is 0 Å². The number of oxazole rings is 1. The second kappa shape index (κ2) is 5.87. The third-order valence-corrected chi connectivity index (χ3v) is 6.08. The number of aromatic amines is 1. The van der Waals surface area contributed by atoms with E-state index >= 15 is 0 Å². The third kappa shape index (κ3) is 2.62. The van der Waals surface area contributed by atoms with Crippen molar-refractivity contribution in [3.05, 3.63) is 67.7 Å². The maximum atomic E-state index is 14.2. The van der Waals surface area contributed by atoms with E-state index in [2.05, 4.69) is 15.2 Å². The molecule has 1 aliphatic rings. The van der Waals surface area contributed by atoms with Gasteiger partial charge in [0.2, 0.25) is 0 Å². The van der Waals surface area contributed by atoms with Gasteiger partial charge in [0.25, 0.3) is 0 Å². The minimum Gasteiger partial charge on any atom is -0.408 e.